The Balaban J connectivity index is 1.42. The molecule has 1 aromatic rings. The average Bonchev–Trinajstić information content (AvgIpc) is 3.34. The summed E-state index contributed by atoms with van der Waals surface area (Å²) in [4.78, 5) is 23.5. The molecule has 2 amide bonds. The summed E-state index contributed by atoms with van der Waals surface area (Å²) in [6.45, 7) is 6.14. The predicted molar refractivity (Wildman–Crippen MR) is 92.3 cm³/mol. The summed E-state index contributed by atoms with van der Waals surface area (Å²) in [6.07, 6.45) is 4.24. The van der Waals surface area contributed by atoms with Crippen LogP contribution in [0.5, 0.6) is 0 Å². The Morgan fingerprint density at radius 2 is 1.96 bits per heavy atom. The van der Waals surface area contributed by atoms with Crippen molar-refractivity contribution in [3.63, 3.8) is 0 Å². The van der Waals surface area contributed by atoms with Crippen LogP contribution in [0.3, 0.4) is 0 Å². The van der Waals surface area contributed by atoms with Crippen molar-refractivity contribution in [2.24, 2.45) is 0 Å². The van der Waals surface area contributed by atoms with Gasteiger partial charge in [-0.05, 0) is 32.7 Å². The van der Waals surface area contributed by atoms with Gasteiger partial charge >= 0.3 is 6.03 Å². The van der Waals surface area contributed by atoms with Crippen molar-refractivity contribution in [2.45, 2.75) is 37.6 Å². The maximum absolute atomic E-state index is 12.6. The molecule has 0 spiro atoms. The largest absolute Gasteiger partial charge is 0.339 e. The highest BCUT2D eigenvalue weighted by Gasteiger charge is 2.33. The van der Waals surface area contributed by atoms with Gasteiger partial charge in [0.2, 0.25) is 5.89 Å². The highest BCUT2D eigenvalue weighted by molar-refractivity contribution is 5.74. The SMILES string of the molecule is CN1CCNCC1c1noc(C2CCCN(C(=O)N3CCCC3)C2)n1. The molecule has 25 heavy (non-hydrogen) atoms. The molecule has 3 aliphatic rings. The monoisotopic (exact) mass is 348 g/mol. The van der Waals surface area contributed by atoms with E-state index < -0.39 is 0 Å². The number of hydrogen-bond acceptors (Lipinski definition) is 6. The Labute approximate surface area is 148 Å². The highest BCUT2D eigenvalue weighted by atomic mass is 16.5. The molecule has 8 nitrogen and oxygen atoms in total. The first-order valence-electron chi connectivity index (χ1n) is 9.50. The van der Waals surface area contributed by atoms with Crippen molar-refractivity contribution < 1.29 is 9.32 Å². The molecule has 4 rings (SSSR count). The fourth-order valence-corrected chi connectivity index (χ4v) is 4.10. The lowest BCUT2D eigenvalue weighted by Gasteiger charge is -2.34. The van der Waals surface area contributed by atoms with Gasteiger partial charge < -0.3 is 19.6 Å². The Hall–Kier alpha value is -1.67. The zero-order valence-corrected chi connectivity index (χ0v) is 15.0. The third kappa shape index (κ3) is 3.50. The molecule has 0 radical (unpaired) electrons. The number of nitrogens with zero attached hydrogens (tertiary/aromatic N) is 5. The maximum Gasteiger partial charge on any atom is 0.320 e. The molecule has 1 aromatic heterocycles. The number of likely N-dealkylation sites (tertiary alicyclic amines) is 2. The Morgan fingerprint density at radius 3 is 2.76 bits per heavy atom. The summed E-state index contributed by atoms with van der Waals surface area (Å²) in [5.74, 6) is 1.60. The highest BCUT2D eigenvalue weighted by Crippen LogP contribution is 2.28. The maximum atomic E-state index is 12.6. The van der Waals surface area contributed by atoms with Gasteiger partial charge in [0.25, 0.3) is 0 Å². The molecule has 0 saturated carbocycles. The van der Waals surface area contributed by atoms with E-state index in [0.29, 0.717) is 12.4 Å². The van der Waals surface area contributed by atoms with Crippen molar-refractivity contribution in [3.05, 3.63) is 11.7 Å². The topological polar surface area (TPSA) is 77.7 Å². The van der Waals surface area contributed by atoms with Crippen molar-refractivity contribution in [3.8, 4) is 0 Å². The number of amides is 2. The molecule has 0 bridgehead atoms. The van der Waals surface area contributed by atoms with Crippen LogP contribution in [0.25, 0.3) is 0 Å². The number of piperazine rings is 1. The summed E-state index contributed by atoms with van der Waals surface area (Å²) >= 11 is 0. The quantitative estimate of drug-likeness (QED) is 0.860. The van der Waals surface area contributed by atoms with Crippen molar-refractivity contribution in [1.29, 1.82) is 0 Å². The van der Waals surface area contributed by atoms with Crippen molar-refractivity contribution in [2.75, 3.05) is 52.9 Å². The zero-order valence-electron chi connectivity index (χ0n) is 15.0. The van der Waals surface area contributed by atoms with E-state index in [1.54, 1.807) is 0 Å². The number of rotatable bonds is 2. The van der Waals surface area contributed by atoms with E-state index in [2.05, 4.69) is 27.4 Å². The minimum absolute atomic E-state index is 0.156. The van der Waals surface area contributed by atoms with Gasteiger partial charge in [-0.15, -0.1) is 0 Å². The average molecular weight is 348 g/mol. The van der Waals surface area contributed by atoms with Crippen LogP contribution in [0.15, 0.2) is 4.52 Å². The summed E-state index contributed by atoms with van der Waals surface area (Å²) in [5, 5.41) is 7.62. The van der Waals surface area contributed by atoms with Gasteiger partial charge in [-0.2, -0.15) is 4.98 Å². The minimum Gasteiger partial charge on any atom is -0.339 e. The molecule has 138 valence electrons. The fraction of sp³-hybridized carbons (Fsp3) is 0.824. The molecule has 4 heterocycles. The second-order valence-corrected chi connectivity index (χ2v) is 7.45. The van der Waals surface area contributed by atoms with Gasteiger partial charge in [-0.1, -0.05) is 5.16 Å². The Kier molecular flexibility index (Phi) is 4.89. The number of urea groups is 1. The molecule has 3 aliphatic heterocycles. The van der Waals surface area contributed by atoms with Crippen molar-refractivity contribution >= 4 is 6.03 Å². The first-order chi connectivity index (χ1) is 12.2. The van der Waals surface area contributed by atoms with Crippen LogP contribution in [-0.2, 0) is 0 Å². The number of piperidine rings is 1. The number of likely N-dealkylation sites (N-methyl/N-ethyl adjacent to an activating group) is 1. The number of carbonyl (C=O) groups excluding carboxylic acids is 1. The van der Waals surface area contributed by atoms with E-state index >= 15 is 0 Å². The van der Waals surface area contributed by atoms with Gasteiger partial charge in [0, 0.05) is 45.8 Å². The molecule has 3 saturated heterocycles. The molecule has 3 fully saturated rings. The van der Waals surface area contributed by atoms with Crippen LogP contribution in [0.2, 0.25) is 0 Å². The van der Waals surface area contributed by atoms with Crippen LogP contribution in [0.1, 0.15) is 49.4 Å². The van der Waals surface area contributed by atoms with Gasteiger partial charge in [0.1, 0.15) is 0 Å². The summed E-state index contributed by atoms with van der Waals surface area (Å²) in [7, 11) is 2.10. The molecular weight excluding hydrogens is 320 g/mol. The standard InChI is InChI=1S/C17H28N6O2/c1-21-10-6-18-11-14(21)15-19-16(25-20-15)13-5-4-9-23(12-13)17(24)22-7-2-3-8-22/h13-14,18H,2-12H2,1H3. The molecule has 0 aliphatic carbocycles. The lowest BCUT2D eigenvalue weighted by atomic mass is 9.98. The predicted octanol–water partition coefficient (Wildman–Crippen LogP) is 1.04. The van der Waals surface area contributed by atoms with E-state index in [4.69, 9.17) is 4.52 Å². The first-order valence-corrected chi connectivity index (χ1v) is 9.50. The third-order valence-electron chi connectivity index (χ3n) is 5.68. The fourth-order valence-electron chi connectivity index (χ4n) is 4.10. The van der Waals surface area contributed by atoms with E-state index in [1.165, 1.54) is 0 Å². The van der Waals surface area contributed by atoms with Gasteiger partial charge in [-0.3, -0.25) is 4.90 Å². The van der Waals surface area contributed by atoms with E-state index in [1.807, 2.05) is 9.80 Å². The Bertz CT molecular complexity index is 600. The Morgan fingerprint density at radius 1 is 1.16 bits per heavy atom. The number of hydrogen-bond donors (Lipinski definition) is 1. The number of aromatic nitrogens is 2. The molecule has 0 aromatic carbocycles. The lowest BCUT2D eigenvalue weighted by molar-refractivity contribution is 0.141. The molecule has 8 heteroatoms. The summed E-state index contributed by atoms with van der Waals surface area (Å²) < 4.78 is 5.59. The van der Waals surface area contributed by atoms with Crippen LogP contribution in [0, 0.1) is 0 Å². The normalized spacial score (nSPS) is 28.5. The smallest absolute Gasteiger partial charge is 0.320 e. The van der Waals surface area contributed by atoms with E-state index in [-0.39, 0.29) is 18.0 Å². The van der Waals surface area contributed by atoms with Gasteiger partial charge in [0.15, 0.2) is 5.82 Å². The minimum atomic E-state index is 0.156. The zero-order chi connectivity index (χ0) is 17.2. The van der Waals surface area contributed by atoms with Gasteiger partial charge in [0.05, 0.1) is 12.0 Å². The molecule has 2 unspecified atom stereocenters. The third-order valence-corrected chi connectivity index (χ3v) is 5.68. The van der Waals surface area contributed by atoms with Crippen LogP contribution >= 0.6 is 0 Å². The lowest BCUT2D eigenvalue weighted by Crippen LogP contribution is -2.46. The van der Waals surface area contributed by atoms with Crippen LogP contribution in [-0.4, -0.2) is 83.7 Å². The second kappa shape index (κ2) is 7.29. The summed E-state index contributed by atoms with van der Waals surface area (Å²) in [5.41, 5.74) is 0. The molecule has 2 atom stereocenters. The molecular formula is C17H28N6O2. The van der Waals surface area contributed by atoms with Crippen LogP contribution < -0.4 is 5.32 Å². The van der Waals surface area contributed by atoms with Crippen LogP contribution in [0.4, 0.5) is 4.79 Å². The van der Waals surface area contributed by atoms with Gasteiger partial charge in [-0.25, -0.2) is 4.79 Å². The molecule has 1 N–H and O–H groups in total. The van der Waals surface area contributed by atoms with E-state index in [0.717, 1.165) is 70.8 Å². The number of nitrogens with one attached hydrogen (secondary N) is 1. The second-order valence-electron chi connectivity index (χ2n) is 7.45. The van der Waals surface area contributed by atoms with E-state index in [9.17, 15) is 4.79 Å². The summed E-state index contributed by atoms with van der Waals surface area (Å²) in [6, 6.07) is 0.343. The van der Waals surface area contributed by atoms with Crippen molar-refractivity contribution in [1.82, 2.24) is 30.2 Å². The number of carbonyl (C=O) groups is 1. The first kappa shape index (κ1) is 16.8.